The summed E-state index contributed by atoms with van der Waals surface area (Å²) in [7, 11) is 0. The number of allylic oxidation sites excluding steroid dienone is 13. The number of hydrogen-bond donors (Lipinski definition) is 6. The summed E-state index contributed by atoms with van der Waals surface area (Å²) in [5.41, 5.74) is 0. The smallest absolute Gasteiger partial charge is 0.220 e. The van der Waals surface area contributed by atoms with E-state index < -0.39 is 49.5 Å². The van der Waals surface area contributed by atoms with E-state index in [1.807, 2.05) is 6.08 Å². The molecule has 1 amide bonds. The number of rotatable bonds is 47. The van der Waals surface area contributed by atoms with Crippen molar-refractivity contribution in [1.29, 1.82) is 0 Å². The number of aliphatic hydroxyl groups excluding tert-OH is 5. The Kier molecular flexibility index (Phi) is 45.7. The molecular formula is C60H105NO8. The fourth-order valence-corrected chi connectivity index (χ4v) is 8.51. The van der Waals surface area contributed by atoms with Crippen LogP contribution in [0.1, 0.15) is 232 Å². The predicted molar refractivity (Wildman–Crippen MR) is 290 cm³/mol. The first kappa shape index (κ1) is 64.4. The van der Waals surface area contributed by atoms with E-state index in [1.165, 1.54) is 135 Å². The van der Waals surface area contributed by atoms with Gasteiger partial charge >= 0.3 is 0 Å². The molecule has 0 saturated carbocycles. The van der Waals surface area contributed by atoms with E-state index in [1.54, 1.807) is 6.08 Å². The summed E-state index contributed by atoms with van der Waals surface area (Å²) in [6, 6.07) is -0.810. The molecule has 9 heteroatoms. The first-order valence-corrected chi connectivity index (χ1v) is 28.3. The highest BCUT2D eigenvalue weighted by molar-refractivity contribution is 5.76. The molecule has 0 bridgehead atoms. The number of carbonyl (C=O) groups excluding carboxylic acids is 1. The van der Waals surface area contributed by atoms with E-state index in [0.29, 0.717) is 6.42 Å². The van der Waals surface area contributed by atoms with Crippen LogP contribution in [0.15, 0.2) is 85.1 Å². The molecule has 69 heavy (non-hydrogen) atoms. The Labute approximate surface area is 422 Å². The third-order valence-electron chi connectivity index (χ3n) is 13.0. The fraction of sp³-hybridized carbons (Fsp3) is 0.750. The van der Waals surface area contributed by atoms with E-state index in [-0.39, 0.29) is 12.5 Å². The van der Waals surface area contributed by atoms with Crippen molar-refractivity contribution in [3.63, 3.8) is 0 Å². The maximum absolute atomic E-state index is 13.0. The number of ether oxygens (including phenoxy) is 2. The standard InChI is InChI=1S/C60H105NO8/c1-3-5-7-9-11-13-15-17-19-20-21-22-23-24-25-26-27-28-29-30-31-32-33-34-36-38-40-42-44-46-48-50-56(64)61-53(52-68-60-59(67)58(66)57(65)55(51-62)69-60)54(63)49-47-45-43-41-39-37-35-18-16-14-12-10-8-6-4-2/h5,7,11,13,17,19,21-22,24-25,27-28,47,49,53-55,57-60,62-63,65-67H,3-4,6,8-10,12,14-16,18,20,23,26,29-46,48,50-52H2,1-2H3,(H,61,64)/b7-5-,13-11-,19-17-,22-21-,25-24-,28-27-,49-47+. The third-order valence-corrected chi connectivity index (χ3v) is 13.0. The summed E-state index contributed by atoms with van der Waals surface area (Å²) in [6.07, 6.45) is 62.1. The van der Waals surface area contributed by atoms with Crippen LogP contribution in [0.25, 0.3) is 0 Å². The zero-order valence-electron chi connectivity index (χ0n) is 44.0. The van der Waals surface area contributed by atoms with Crippen LogP contribution in [-0.4, -0.2) is 87.5 Å². The van der Waals surface area contributed by atoms with Crippen LogP contribution in [0.4, 0.5) is 0 Å². The second kappa shape index (κ2) is 49.0. The van der Waals surface area contributed by atoms with E-state index >= 15 is 0 Å². The van der Waals surface area contributed by atoms with E-state index in [0.717, 1.165) is 77.0 Å². The first-order chi connectivity index (χ1) is 33.8. The van der Waals surface area contributed by atoms with Crippen LogP contribution < -0.4 is 5.32 Å². The van der Waals surface area contributed by atoms with Crippen molar-refractivity contribution in [2.45, 2.75) is 275 Å². The van der Waals surface area contributed by atoms with Crippen LogP contribution in [-0.2, 0) is 14.3 Å². The lowest BCUT2D eigenvalue weighted by Crippen LogP contribution is -2.60. The molecule has 7 atom stereocenters. The number of amides is 1. The van der Waals surface area contributed by atoms with Crippen molar-refractivity contribution in [2.24, 2.45) is 0 Å². The highest BCUT2D eigenvalue weighted by Crippen LogP contribution is 2.23. The lowest BCUT2D eigenvalue weighted by atomic mass is 9.99. The summed E-state index contributed by atoms with van der Waals surface area (Å²) in [6.45, 7) is 3.66. The molecule has 1 fully saturated rings. The number of unbranched alkanes of at least 4 members (excludes halogenated alkanes) is 25. The summed E-state index contributed by atoms with van der Waals surface area (Å²) in [5, 5.41) is 54.4. The SMILES string of the molecule is CC/C=C\C/C=C\C/C=C\C/C=C\C/C=C\C/C=C\CCCCCCCCCCCCCCC(=O)NC(COC1OC(CO)C(O)C(O)C1O)C(O)/C=C/CCCCCCCCCCCCCCC. The molecule has 1 rings (SSSR count). The van der Waals surface area contributed by atoms with Gasteiger partial charge in [0.1, 0.15) is 24.4 Å². The van der Waals surface area contributed by atoms with Gasteiger partial charge in [-0.2, -0.15) is 0 Å². The van der Waals surface area contributed by atoms with Crippen molar-refractivity contribution in [2.75, 3.05) is 13.2 Å². The minimum atomic E-state index is -1.57. The Morgan fingerprint density at radius 2 is 0.899 bits per heavy atom. The largest absolute Gasteiger partial charge is 0.394 e. The van der Waals surface area contributed by atoms with Gasteiger partial charge in [0.15, 0.2) is 6.29 Å². The number of nitrogens with one attached hydrogen (secondary N) is 1. The first-order valence-electron chi connectivity index (χ1n) is 28.3. The molecule has 9 nitrogen and oxygen atoms in total. The van der Waals surface area contributed by atoms with E-state index in [2.05, 4.69) is 92.1 Å². The molecule has 1 saturated heterocycles. The number of carbonyl (C=O) groups is 1. The summed E-state index contributed by atoms with van der Waals surface area (Å²) < 4.78 is 11.3. The molecule has 0 radical (unpaired) electrons. The molecule has 0 aromatic rings. The summed E-state index contributed by atoms with van der Waals surface area (Å²) in [5.74, 6) is -0.182. The molecule has 1 aliphatic rings. The summed E-state index contributed by atoms with van der Waals surface area (Å²) >= 11 is 0. The molecule has 6 N–H and O–H groups in total. The van der Waals surface area contributed by atoms with Crippen molar-refractivity contribution in [3.05, 3.63) is 85.1 Å². The zero-order chi connectivity index (χ0) is 50.1. The molecule has 0 aliphatic carbocycles. The second-order valence-electron chi connectivity index (χ2n) is 19.4. The van der Waals surface area contributed by atoms with Crippen LogP contribution in [0, 0.1) is 0 Å². The molecule has 0 spiro atoms. The average molecular weight is 968 g/mol. The van der Waals surface area contributed by atoms with Gasteiger partial charge in [0.2, 0.25) is 5.91 Å². The van der Waals surface area contributed by atoms with Crippen molar-refractivity contribution >= 4 is 5.91 Å². The van der Waals surface area contributed by atoms with E-state index in [9.17, 15) is 30.3 Å². The van der Waals surface area contributed by atoms with Gasteiger partial charge in [0.05, 0.1) is 25.4 Å². The highest BCUT2D eigenvalue weighted by atomic mass is 16.7. The van der Waals surface area contributed by atoms with Gasteiger partial charge in [-0.15, -0.1) is 0 Å². The molecule has 7 unspecified atom stereocenters. The normalized spacial score (nSPS) is 20.1. The van der Waals surface area contributed by atoms with Crippen LogP contribution >= 0.6 is 0 Å². The Morgan fingerprint density at radius 1 is 0.507 bits per heavy atom. The molecule has 1 aliphatic heterocycles. The van der Waals surface area contributed by atoms with Gasteiger partial charge in [-0.25, -0.2) is 0 Å². The molecule has 398 valence electrons. The maximum atomic E-state index is 13.0. The number of aliphatic hydroxyl groups is 5. The Balaban J connectivity index is 2.20. The molecule has 0 aromatic carbocycles. The number of hydrogen-bond acceptors (Lipinski definition) is 8. The minimum absolute atomic E-state index is 0.182. The second-order valence-corrected chi connectivity index (χ2v) is 19.4. The average Bonchev–Trinajstić information content (AvgIpc) is 3.35. The van der Waals surface area contributed by atoms with Crippen molar-refractivity contribution in [1.82, 2.24) is 5.32 Å². The molecular weight excluding hydrogens is 863 g/mol. The van der Waals surface area contributed by atoms with Gasteiger partial charge < -0.3 is 40.3 Å². The van der Waals surface area contributed by atoms with Crippen LogP contribution in [0.2, 0.25) is 0 Å². The third kappa shape index (κ3) is 38.7. The van der Waals surface area contributed by atoms with Crippen LogP contribution in [0.3, 0.4) is 0 Å². The fourth-order valence-electron chi connectivity index (χ4n) is 8.51. The Bertz CT molecular complexity index is 1350. The topological polar surface area (TPSA) is 149 Å². The predicted octanol–water partition coefficient (Wildman–Crippen LogP) is 13.8. The van der Waals surface area contributed by atoms with Crippen molar-refractivity contribution in [3.8, 4) is 0 Å². The lowest BCUT2D eigenvalue weighted by molar-refractivity contribution is -0.302. The molecule has 1 heterocycles. The van der Waals surface area contributed by atoms with Gasteiger partial charge in [-0.05, 0) is 70.6 Å². The zero-order valence-corrected chi connectivity index (χ0v) is 44.0. The van der Waals surface area contributed by atoms with Gasteiger partial charge in [-0.1, -0.05) is 240 Å². The van der Waals surface area contributed by atoms with E-state index in [4.69, 9.17) is 9.47 Å². The lowest BCUT2D eigenvalue weighted by Gasteiger charge is -2.40. The van der Waals surface area contributed by atoms with Gasteiger partial charge in [0, 0.05) is 6.42 Å². The minimum Gasteiger partial charge on any atom is -0.394 e. The quantitative estimate of drug-likeness (QED) is 0.0261. The maximum Gasteiger partial charge on any atom is 0.220 e. The highest BCUT2D eigenvalue weighted by Gasteiger charge is 2.44. The Morgan fingerprint density at radius 3 is 1.33 bits per heavy atom. The summed E-state index contributed by atoms with van der Waals surface area (Å²) in [4.78, 5) is 13.0. The van der Waals surface area contributed by atoms with Crippen LogP contribution in [0.5, 0.6) is 0 Å². The van der Waals surface area contributed by atoms with Gasteiger partial charge in [0.25, 0.3) is 0 Å². The van der Waals surface area contributed by atoms with Gasteiger partial charge in [-0.3, -0.25) is 4.79 Å². The van der Waals surface area contributed by atoms with Crippen molar-refractivity contribution < 1.29 is 39.8 Å². The monoisotopic (exact) mass is 968 g/mol. The Hall–Kier alpha value is -2.63. The molecule has 0 aromatic heterocycles.